The van der Waals surface area contributed by atoms with Gasteiger partial charge in [-0.15, -0.1) is 0 Å². The number of aryl methyl sites for hydroxylation is 1. The Morgan fingerprint density at radius 3 is 1.92 bits per heavy atom. The average Bonchev–Trinajstić information content (AvgIpc) is 2.91. The van der Waals surface area contributed by atoms with Gasteiger partial charge in [0.15, 0.2) is 0 Å². The number of benzene rings is 1. The highest BCUT2D eigenvalue weighted by atomic mass is 16.4. The van der Waals surface area contributed by atoms with Gasteiger partial charge in [0.25, 0.3) is 5.91 Å². The van der Waals surface area contributed by atoms with Crippen molar-refractivity contribution < 1.29 is 14.0 Å². The van der Waals surface area contributed by atoms with E-state index in [4.69, 9.17) is 4.42 Å². The summed E-state index contributed by atoms with van der Waals surface area (Å²) in [7, 11) is 0. The van der Waals surface area contributed by atoms with E-state index in [1.165, 1.54) is 43.2 Å². The summed E-state index contributed by atoms with van der Waals surface area (Å²) in [5, 5.41) is 0.183. The third kappa shape index (κ3) is 9.07. The van der Waals surface area contributed by atoms with Crippen LogP contribution in [0.2, 0.25) is 0 Å². The van der Waals surface area contributed by atoms with Crippen molar-refractivity contribution in [1.29, 1.82) is 0 Å². The fourth-order valence-corrected chi connectivity index (χ4v) is 5.09. The molecule has 0 saturated heterocycles. The van der Waals surface area contributed by atoms with Crippen LogP contribution < -0.4 is 16.3 Å². The van der Waals surface area contributed by atoms with Crippen LogP contribution in [0.5, 0.6) is 0 Å². The lowest BCUT2D eigenvalue weighted by atomic mass is 10.0. The van der Waals surface area contributed by atoms with Crippen LogP contribution >= 0.6 is 0 Å². The number of nitrogens with zero attached hydrogens (tertiary/aromatic N) is 3. The molecule has 0 bridgehead atoms. The summed E-state index contributed by atoms with van der Waals surface area (Å²) in [6.45, 7) is 11.5. The highest BCUT2D eigenvalue weighted by molar-refractivity contribution is 6.07. The second-order valence-corrected chi connectivity index (χ2v) is 10.4. The largest absolute Gasteiger partial charge is 0.422 e. The quantitative estimate of drug-likeness (QED) is 0.200. The first kappa shape index (κ1) is 32.3. The Kier molecular flexibility index (Phi) is 14.0. The van der Waals surface area contributed by atoms with Crippen molar-refractivity contribution in [2.45, 2.75) is 118 Å². The molecule has 0 fully saturated rings. The second kappa shape index (κ2) is 16.9. The van der Waals surface area contributed by atoms with Gasteiger partial charge in [-0.25, -0.2) is 9.59 Å². The lowest BCUT2D eigenvalue weighted by Crippen LogP contribution is -2.36. The maximum Gasteiger partial charge on any atom is 0.422 e. The molecule has 0 spiro atoms. The van der Waals surface area contributed by atoms with Crippen LogP contribution in [0.4, 0.5) is 5.69 Å². The summed E-state index contributed by atoms with van der Waals surface area (Å²) in [5.74, 6) is -1.14. The second-order valence-electron chi connectivity index (χ2n) is 10.4. The number of hydrogen-bond acceptors (Lipinski definition) is 5. The number of hydrogen-bond donors (Lipinski definition) is 0. The number of anilines is 1. The molecule has 0 aliphatic heterocycles. The van der Waals surface area contributed by atoms with Crippen molar-refractivity contribution in [3.05, 3.63) is 38.7 Å². The SMILES string of the molecule is CCCCCCCCN(C(C)=O)c1cc2c(cc1C(=O)N(CC)CC)c(=O)oc(=O)n2CCCCCCCC. The molecule has 0 radical (unpaired) electrons. The summed E-state index contributed by atoms with van der Waals surface area (Å²) in [5.41, 5.74) is 0.372. The molecule has 2 aromatic rings. The van der Waals surface area contributed by atoms with Gasteiger partial charge in [0, 0.05) is 33.1 Å². The zero-order valence-corrected chi connectivity index (χ0v) is 24.9. The Bertz CT molecular complexity index is 1180. The number of aromatic nitrogens is 1. The normalized spacial score (nSPS) is 11.2. The Hall–Kier alpha value is -2.90. The van der Waals surface area contributed by atoms with Gasteiger partial charge in [0.2, 0.25) is 5.91 Å². The molecule has 2 amide bonds. The molecule has 8 heteroatoms. The minimum atomic E-state index is -0.764. The van der Waals surface area contributed by atoms with Crippen LogP contribution in [0.15, 0.2) is 26.1 Å². The first-order chi connectivity index (χ1) is 18.8. The van der Waals surface area contributed by atoms with Gasteiger partial charge < -0.3 is 14.2 Å². The number of carbonyl (C=O) groups excluding carboxylic acids is 2. The number of rotatable bonds is 18. The molecule has 0 unspecified atom stereocenters. The van der Waals surface area contributed by atoms with E-state index in [-0.39, 0.29) is 22.8 Å². The smallest absolute Gasteiger partial charge is 0.372 e. The Morgan fingerprint density at radius 1 is 0.795 bits per heavy atom. The molecule has 1 heterocycles. The predicted octanol–water partition coefficient (Wildman–Crippen LogP) is 6.51. The van der Waals surface area contributed by atoms with E-state index in [1.807, 2.05) is 13.8 Å². The summed E-state index contributed by atoms with van der Waals surface area (Å²) in [6.07, 6.45) is 12.8. The van der Waals surface area contributed by atoms with Crippen molar-refractivity contribution in [1.82, 2.24) is 9.47 Å². The van der Waals surface area contributed by atoms with Crippen molar-refractivity contribution in [3.8, 4) is 0 Å². The van der Waals surface area contributed by atoms with E-state index in [2.05, 4.69) is 13.8 Å². The van der Waals surface area contributed by atoms with E-state index in [0.717, 1.165) is 51.4 Å². The fraction of sp³-hybridized carbons (Fsp3) is 0.677. The molecule has 218 valence electrons. The monoisotopic (exact) mass is 543 g/mol. The van der Waals surface area contributed by atoms with Crippen molar-refractivity contribution >= 4 is 28.4 Å². The van der Waals surface area contributed by atoms with Crippen LogP contribution in [-0.4, -0.2) is 40.9 Å². The zero-order chi connectivity index (χ0) is 28.8. The first-order valence-corrected chi connectivity index (χ1v) is 15.1. The summed E-state index contributed by atoms with van der Waals surface area (Å²) in [4.78, 5) is 55.4. The number of unbranched alkanes of at least 4 members (excludes halogenated alkanes) is 10. The van der Waals surface area contributed by atoms with Gasteiger partial charge in [-0.2, -0.15) is 0 Å². The van der Waals surface area contributed by atoms with E-state index in [9.17, 15) is 19.2 Å². The van der Waals surface area contributed by atoms with E-state index in [1.54, 1.807) is 15.9 Å². The van der Waals surface area contributed by atoms with Gasteiger partial charge >= 0.3 is 11.4 Å². The van der Waals surface area contributed by atoms with Crippen LogP contribution in [-0.2, 0) is 11.3 Å². The molecule has 0 N–H and O–H groups in total. The average molecular weight is 544 g/mol. The standard InChI is InChI=1S/C31H49N3O5/c1-6-10-12-14-16-18-20-33(24(5)35)27-23-28-26(22-25(27)29(36)32(8-3)9-4)30(37)39-31(38)34(28)21-19-17-15-13-11-7-2/h22-23H,6-21H2,1-5H3. The number of amides is 2. The maximum atomic E-state index is 13.6. The summed E-state index contributed by atoms with van der Waals surface area (Å²) >= 11 is 0. The Morgan fingerprint density at radius 2 is 1.36 bits per heavy atom. The molecule has 1 aromatic heterocycles. The van der Waals surface area contributed by atoms with Crippen molar-refractivity contribution in [2.24, 2.45) is 0 Å². The lowest BCUT2D eigenvalue weighted by molar-refractivity contribution is -0.116. The summed E-state index contributed by atoms with van der Waals surface area (Å²) in [6, 6.07) is 3.20. The van der Waals surface area contributed by atoms with Crippen molar-refractivity contribution in [3.63, 3.8) is 0 Å². The first-order valence-electron chi connectivity index (χ1n) is 15.1. The molecule has 8 nitrogen and oxygen atoms in total. The Balaban J connectivity index is 2.56. The molecule has 0 aliphatic carbocycles. The maximum absolute atomic E-state index is 13.6. The Labute approximate surface area is 233 Å². The van der Waals surface area contributed by atoms with Crippen LogP contribution in [0.3, 0.4) is 0 Å². The molecule has 1 aromatic carbocycles. The van der Waals surface area contributed by atoms with Crippen molar-refractivity contribution in [2.75, 3.05) is 24.5 Å². The van der Waals surface area contributed by atoms with Crippen LogP contribution in [0.25, 0.3) is 10.9 Å². The minimum absolute atomic E-state index is 0.177. The molecule has 0 atom stereocenters. The van der Waals surface area contributed by atoms with E-state index >= 15 is 0 Å². The van der Waals surface area contributed by atoms with Gasteiger partial charge in [0.05, 0.1) is 22.2 Å². The minimum Gasteiger partial charge on any atom is -0.372 e. The number of fused-ring (bicyclic) bond motifs is 1. The number of carbonyl (C=O) groups is 2. The van der Waals surface area contributed by atoms with Gasteiger partial charge in [-0.05, 0) is 38.8 Å². The van der Waals surface area contributed by atoms with Crippen LogP contribution in [0, 0.1) is 0 Å². The molecule has 0 aliphatic rings. The van der Waals surface area contributed by atoms with Gasteiger partial charge in [-0.3, -0.25) is 14.2 Å². The van der Waals surface area contributed by atoms with Gasteiger partial charge in [-0.1, -0.05) is 78.1 Å². The van der Waals surface area contributed by atoms with Crippen LogP contribution in [0.1, 0.15) is 122 Å². The van der Waals surface area contributed by atoms with Gasteiger partial charge in [0.1, 0.15) is 0 Å². The molecular formula is C31H49N3O5. The summed E-state index contributed by atoms with van der Waals surface area (Å²) < 4.78 is 6.55. The van der Waals surface area contributed by atoms with E-state index < -0.39 is 11.4 Å². The topological polar surface area (TPSA) is 92.8 Å². The molecule has 39 heavy (non-hydrogen) atoms. The third-order valence-electron chi connectivity index (χ3n) is 7.45. The lowest BCUT2D eigenvalue weighted by Gasteiger charge is -2.27. The highest BCUT2D eigenvalue weighted by Gasteiger charge is 2.25. The van der Waals surface area contributed by atoms with E-state index in [0.29, 0.717) is 37.4 Å². The zero-order valence-electron chi connectivity index (χ0n) is 24.9. The molecule has 2 rings (SSSR count). The highest BCUT2D eigenvalue weighted by Crippen LogP contribution is 2.28. The predicted molar refractivity (Wildman–Crippen MR) is 159 cm³/mol. The molecular weight excluding hydrogens is 494 g/mol. The third-order valence-corrected chi connectivity index (χ3v) is 7.45. The molecule has 0 saturated carbocycles. The fourth-order valence-electron chi connectivity index (χ4n) is 5.09.